The van der Waals surface area contributed by atoms with E-state index in [1.54, 1.807) is 18.2 Å². The molecular formula is C16H15Cl3FN. The summed E-state index contributed by atoms with van der Waals surface area (Å²) < 4.78 is 13.9. The Balaban J connectivity index is 2.32. The maximum Gasteiger partial charge on any atom is 0.126 e. The Bertz CT molecular complexity index is 611. The van der Waals surface area contributed by atoms with Gasteiger partial charge in [0.2, 0.25) is 0 Å². The summed E-state index contributed by atoms with van der Waals surface area (Å²) in [5.41, 5.74) is 1.48. The molecule has 2 rings (SSSR count). The fourth-order valence-electron chi connectivity index (χ4n) is 2.25. The van der Waals surface area contributed by atoms with Crippen LogP contribution in [-0.2, 0) is 6.42 Å². The topological polar surface area (TPSA) is 12.0 Å². The Hall–Kier alpha value is -0.800. The summed E-state index contributed by atoms with van der Waals surface area (Å²) in [6.07, 6.45) is 0.469. The van der Waals surface area contributed by atoms with Crippen LogP contribution in [0.3, 0.4) is 0 Å². The molecule has 0 heterocycles. The van der Waals surface area contributed by atoms with Crippen molar-refractivity contribution in [3.05, 3.63) is 68.4 Å². The normalized spacial score (nSPS) is 12.4. The minimum Gasteiger partial charge on any atom is -0.310 e. The Morgan fingerprint density at radius 2 is 1.67 bits per heavy atom. The van der Waals surface area contributed by atoms with Gasteiger partial charge in [0.15, 0.2) is 0 Å². The molecule has 0 saturated heterocycles. The smallest absolute Gasteiger partial charge is 0.126 e. The fraction of sp³-hybridized carbons (Fsp3) is 0.250. The van der Waals surface area contributed by atoms with Gasteiger partial charge in [0.1, 0.15) is 5.82 Å². The molecule has 0 aliphatic heterocycles. The number of benzene rings is 2. The van der Waals surface area contributed by atoms with Crippen LogP contribution in [0.2, 0.25) is 15.1 Å². The van der Waals surface area contributed by atoms with Crippen LogP contribution in [0.15, 0.2) is 36.4 Å². The molecule has 0 aliphatic rings. The molecule has 21 heavy (non-hydrogen) atoms. The maximum atomic E-state index is 13.9. The maximum absolute atomic E-state index is 13.9. The highest BCUT2D eigenvalue weighted by molar-refractivity contribution is 6.34. The van der Waals surface area contributed by atoms with Gasteiger partial charge in [0.25, 0.3) is 0 Å². The lowest BCUT2D eigenvalue weighted by Crippen LogP contribution is -2.23. The first-order valence-electron chi connectivity index (χ1n) is 6.63. The summed E-state index contributed by atoms with van der Waals surface area (Å²) in [6, 6.07) is 9.83. The first kappa shape index (κ1) is 16.6. The van der Waals surface area contributed by atoms with Crippen molar-refractivity contribution in [3.8, 4) is 0 Å². The van der Waals surface area contributed by atoms with Crippen LogP contribution in [0.4, 0.5) is 4.39 Å². The second kappa shape index (κ2) is 7.46. The fourth-order valence-corrected chi connectivity index (χ4v) is 2.99. The first-order valence-corrected chi connectivity index (χ1v) is 7.76. The van der Waals surface area contributed by atoms with Gasteiger partial charge < -0.3 is 5.32 Å². The van der Waals surface area contributed by atoms with Crippen molar-refractivity contribution in [2.75, 3.05) is 6.54 Å². The second-order valence-corrected chi connectivity index (χ2v) is 6.06. The Morgan fingerprint density at radius 3 is 2.29 bits per heavy atom. The van der Waals surface area contributed by atoms with Crippen molar-refractivity contribution in [2.45, 2.75) is 19.4 Å². The van der Waals surface area contributed by atoms with Crippen molar-refractivity contribution >= 4 is 34.8 Å². The van der Waals surface area contributed by atoms with Crippen LogP contribution in [0.1, 0.15) is 24.1 Å². The number of hydrogen-bond acceptors (Lipinski definition) is 1. The summed E-state index contributed by atoms with van der Waals surface area (Å²) in [7, 11) is 0. The van der Waals surface area contributed by atoms with Crippen LogP contribution in [0.5, 0.6) is 0 Å². The lowest BCUT2D eigenvalue weighted by atomic mass is 9.98. The molecular weight excluding hydrogens is 332 g/mol. The standard InChI is InChI=1S/C16H15Cl3FN/c1-2-21-16(11-6-13(18)9-14(19)7-11)8-10-5-12(17)3-4-15(10)20/h3-7,9,16,21H,2,8H2,1H3. The van der Waals surface area contributed by atoms with Crippen molar-refractivity contribution in [2.24, 2.45) is 0 Å². The molecule has 1 nitrogen and oxygen atoms in total. The summed E-state index contributed by atoms with van der Waals surface area (Å²) in [5.74, 6) is -0.268. The average Bonchev–Trinajstić information content (AvgIpc) is 2.41. The van der Waals surface area contributed by atoms with Crippen molar-refractivity contribution < 1.29 is 4.39 Å². The van der Waals surface area contributed by atoms with Gasteiger partial charge in [-0.2, -0.15) is 0 Å². The van der Waals surface area contributed by atoms with Gasteiger partial charge >= 0.3 is 0 Å². The molecule has 1 atom stereocenters. The highest BCUT2D eigenvalue weighted by Crippen LogP contribution is 2.27. The molecule has 0 amide bonds. The van der Waals surface area contributed by atoms with E-state index in [0.717, 1.165) is 12.1 Å². The Labute approximate surface area is 139 Å². The van der Waals surface area contributed by atoms with E-state index < -0.39 is 0 Å². The van der Waals surface area contributed by atoms with E-state index in [1.807, 2.05) is 19.1 Å². The SMILES string of the molecule is CCNC(Cc1cc(Cl)ccc1F)c1cc(Cl)cc(Cl)c1. The van der Waals surface area contributed by atoms with Gasteiger partial charge in [-0.3, -0.25) is 0 Å². The van der Waals surface area contributed by atoms with Crippen LogP contribution in [-0.4, -0.2) is 6.54 Å². The van der Waals surface area contributed by atoms with Crippen LogP contribution < -0.4 is 5.32 Å². The van der Waals surface area contributed by atoms with Crippen molar-refractivity contribution in [1.29, 1.82) is 0 Å². The van der Waals surface area contributed by atoms with E-state index in [-0.39, 0.29) is 11.9 Å². The quantitative estimate of drug-likeness (QED) is 0.734. The number of halogens is 4. The highest BCUT2D eigenvalue weighted by atomic mass is 35.5. The van der Waals surface area contributed by atoms with E-state index in [9.17, 15) is 4.39 Å². The third-order valence-electron chi connectivity index (χ3n) is 3.17. The molecule has 0 bridgehead atoms. The van der Waals surface area contributed by atoms with Gasteiger partial charge in [0.05, 0.1) is 0 Å². The highest BCUT2D eigenvalue weighted by Gasteiger charge is 2.15. The molecule has 1 unspecified atom stereocenters. The molecule has 2 aromatic carbocycles. The Kier molecular flexibility index (Phi) is 5.88. The van der Waals surface area contributed by atoms with Gasteiger partial charge in [-0.1, -0.05) is 41.7 Å². The van der Waals surface area contributed by atoms with Crippen molar-refractivity contribution in [1.82, 2.24) is 5.32 Å². The summed E-state index contributed by atoms with van der Waals surface area (Å²) in [4.78, 5) is 0. The number of nitrogens with one attached hydrogen (secondary N) is 1. The van der Waals surface area contributed by atoms with Gasteiger partial charge in [-0.05, 0) is 60.5 Å². The van der Waals surface area contributed by atoms with E-state index in [1.165, 1.54) is 6.07 Å². The van der Waals surface area contributed by atoms with Gasteiger partial charge in [0, 0.05) is 21.1 Å². The van der Waals surface area contributed by atoms with Crippen molar-refractivity contribution in [3.63, 3.8) is 0 Å². The van der Waals surface area contributed by atoms with E-state index in [2.05, 4.69) is 5.32 Å². The number of hydrogen-bond donors (Lipinski definition) is 1. The zero-order valence-corrected chi connectivity index (χ0v) is 13.7. The second-order valence-electron chi connectivity index (χ2n) is 4.75. The largest absolute Gasteiger partial charge is 0.310 e. The summed E-state index contributed by atoms with van der Waals surface area (Å²) in [6.45, 7) is 2.74. The molecule has 2 aromatic rings. The first-order chi connectivity index (χ1) is 9.99. The molecule has 0 radical (unpaired) electrons. The third kappa shape index (κ3) is 4.58. The molecule has 0 aromatic heterocycles. The zero-order chi connectivity index (χ0) is 15.4. The lowest BCUT2D eigenvalue weighted by Gasteiger charge is -2.19. The number of likely N-dealkylation sites (N-methyl/N-ethyl adjacent to an activating group) is 1. The predicted octanol–water partition coefficient (Wildman–Crippen LogP) is 5.68. The summed E-state index contributed by atoms with van der Waals surface area (Å²) >= 11 is 18.0. The lowest BCUT2D eigenvalue weighted by molar-refractivity contribution is 0.528. The monoisotopic (exact) mass is 345 g/mol. The molecule has 1 N–H and O–H groups in total. The molecule has 5 heteroatoms. The van der Waals surface area contributed by atoms with Crippen LogP contribution in [0, 0.1) is 5.82 Å². The van der Waals surface area contributed by atoms with Gasteiger partial charge in [-0.25, -0.2) is 4.39 Å². The molecule has 0 fully saturated rings. The average molecular weight is 347 g/mol. The molecule has 112 valence electrons. The van der Waals surface area contributed by atoms with Crippen LogP contribution in [0.25, 0.3) is 0 Å². The zero-order valence-electron chi connectivity index (χ0n) is 11.5. The molecule has 0 spiro atoms. The summed E-state index contributed by atoms with van der Waals surface area (Å²) in [5, 5.41) is 4.96. The Morgan fingerprint density at radius 1 is 1.00 bits per heavy atom. The van der Waals surface area contributed by atoms with E-state index in [0.29, 0.717) is 27.1 Å². The van der Waals surface area contributed by atoms with E-state index >= 15 is 0 Å². The van der Waals surface area contributed by atoms with E-state index in [4.69, 9.17) is 34.8 Å². The van der Waals surface area contributed by atoms with Gasteiger partial charge in [-0.15, -0.1) is 0 Å². The number of rotatable bonds is 5. The van der Waals surface area contributed by atoms with Crippen LogP contribution >= 0.6 is 34.8 Å². The molecule has 0 saturated carbocycles. The minimum atomic E-state index is -0.268. The molecule has 0 aliphatic carbocycles. The third-order valence-corrected chi connectivity index (χ3v) is 3.84. The minimum absolute atomic E-state index is 0.0841. The predicted molar refractivity (Wildman–Crippen MR) is 88.0 cm³/mol.